The third-order valence-electron chi connectivity index (χ3n) is 4.07. The lowest BCUT2D eigenvalue weighted by Gasteiger charge is -2.15. The van der Waals surface area contributed by atoms with Crippen LogP contribution in [-0.2, 0) is 10.0 Å². The standard InChI is InChI=1S/C18H18N2O3S/c1-12-13(2)17(10-9-16(12)23-3)24(21,22)20-15-8-4-6-14-7-5-11-19-18(14)15/h4-11,20H,1-3H3. The number of nitrogens with zero attached hydrogens (tertiary/aromatic N) is 1. The Morgan fingerprint density at radius 3 is 2.50 bits per heavy atom. The normalized spacial score (nSPS) is 11.5. The number of hydrogen-bond donors (Lipinski definition) is 1. The summed E-state index contributed by atoms with van der Waals surface area (Å²) in [5.74, 6) is 0.665. The van der Waals surface area contributed by atoms with Gasteiger partial charge in [0.1, 0.15) is 5.75 Å². The molecule has 0 unspecified atom stereocenters. The summed E-state index contributed by atoms with van der Waals surface area (Å²) in [5, 5.41) is 0.875. The average Bonchev–Trinajstić information content (AvgIpc) is 2.57. The molecule has 0 saturated carbocycles. The minimum absolute atomic E-state index is 0.230. The van der Waals surface area contributed by atoms with E-state index in [4.69, 9.17) is 4.74 Å². The van der Waals surface area contributed by atoms with Crippen molar-refractivity contribution in [1.29, 1.82) is 0 Å². The number of anilines is 1. The van der Waals surface area contributed by atoms with Crippen LogP contribution in [-0.4, -0.2) is 20.5 Å². The monoisotopic (exact) mass is 342 g/mol. The number of rotatable bonds is 4. The molecule has 5 nitrogen and oxygen atoms in total. The lowest BCUT2D eigenvalue weighted by Crippen LogP contribution is -2.15. The van der Waals surface area contributed by atoms with Gasteiger partial charge in [-0.05, 0) is 49.2 Å². The van der Waals surface area contributed by atoms with Crippen molar-refractivity contribution in [2.45, 2.75) is 18.7 Å². The maximum Gasteiger partial charge on any atom is 0.262 e. The molecule has 124 valence electrons. The van der Waals surface area contributed by atoms with Crippen molar-refractivity contribution in [3.8, 4) is 5.75 Å². The van der Waals surface area contributed by atoms with Gasteiger partial charge >= 0.3 is 0 Å². The second-order valence-electron chi connectivity index (χ2n) is 5.50. The maximum absolute atomic E-state index is 12.8. The Bertz CT molecular complexity index is 1010. The largest absolute Gasteiger partial charge is 0.496 e. The quantitative estimate of drug-likeness (QED) is 0.785. The van der Waals surface area contributed by atoms with Crippen molar-refractivity contribution < 1.29 is 13.2 Å². The Hall–Kier alpha value is -2.60. The molecule has 24 heavy (non-hydrogen) atoms. The molecule has 0 aliphatic carbocycles. The van der Waals surface area contributed by atoms with Gasteiger partial charge in [0.2, 0.25) is 0 Å². The smallest absolute Gasteiger partial charge is 0.262 e. The van der Waals surface area contributed by atoms with Gasteiger partial charge in [0, 0.05) is 11.6 Å². The number of para-hydroxylation sites is 1. The zero-order valence-electron chi connectivity index (χ0n) is 13.7. The highest BCUT2D eigenvalue weighted by Crippen LogP contribution is 2.29. The van der Waals surface area contributed by atoms with Gasteiger partial charge in [0.15, 0.2) is 0 Å². The van der Waals surface area contributed by atoms with Crippen LogP contribution in [0.1, 0.15) is 11.1 Å². The second-order valence-corrected chi connectivity index (χ2v) is 7.15. The van der Waals surface area contributed by atoms with Crippen LogP contribution >= 0.6 is 0 Å². The molecule has 1 N–H and O–H groups in total. The first-order valence-electron chi connectivity index (χ1n) is 7.45. The van der Waals surface area contributed by atoms with Crippen molar-refractivity contribution in [1.82, 2.24) is 4.98 Å². The summed E-state index contributed by atoms with van der Waals surface area (Å²) >= 11 is 0. The summed E-state index contributed by atoms with van der Waals surface area (Å²) in [7, 11) is -2.16. The van der Waals surface area contributed by atoms with E-state index in [0.29, 0.717) is 22.5 Å². The summed E-state index contributed by atoms with van der Waals surface area (Å²) in [5.41, 5.74) is 2.54. The van der Waals surface area contributed by atoms with Crippen LogP contribution in [0.25, 0.3) is 10.9 Å². The summed E-state index contributed by atoms with van der Waals surface area (Å²) in [6.07, 6.45) is 1.64. The van der Waals surface area contributed by atoms with E-state index >= 15 is 0 Å². The van der Waals surface area contributed by atoms with Crippen LogP contribution in [0.3, 0.4) is 0 Å². The molecule has 2 aromatic carbocycles. The Morgan fingerprint density at radius 1 is 1.00 bits per heavy atom. The van der Waals surface area contributed by atoms with E-state index in [2.05, 4.69) is 9.71 Å². The molecule has 1 aromatic heterocycles. The highest BCUT2D eigenvalue weighted by atomic mass is 32.2. The number of pyridine rings is 1. The molecule has 3 aromatic rings. The number of ether oxygens (including phenoxy) is 1. The summed E-state index contributed by atoms with van der Waals surface area (Å²) in [6.45, 7) is 3.61. The Labute approximate surface area is 141 Å². The molecular weight excluding hydrogens is 324 g/mol. The molecule has 1 heterocycles. The third kappa shape index (κ3) is 2.80. The average molecular weight is 342 g/mol. The van der Waals surface area contributed by atoms with Crippen LogP contribution in [0.4, 0.5) is 5.69 Å². The van der Waals surface area contributed by atoms with Crippen molar-refractivity contribution in [3.05, 3.63) is 59.8 Å². The van der Waals surface area contributed by atoms with Gasteiger partial charge < -0.3 is 4.74 Å². The first kappa shape index (κ1) is 16.3. The van der Waals surface area contributed by atoms with Crippen LogP contribution in [0.15, 0.2) is 53.6 Å². The predicted molar refractivity (Wildman–Crippen MR) is 95.0 cm³/mol. The third-order valence-corrected chi connectivity index (χ3v) is 5.58. The molecule has 0 saturated heterocycles. The van der Waals surface area contributed by atoms with E-state index in [0.717, 1.165) is 10.9 Å². The van der Waals surface area contributed by atoms with Gasteiger partial charge in [-0.1, -0.05) is 18.2 Å². The fourth-order valence-electron chi connectivity index (χ4n) is 2.67. The number of benzene rings is 2. The fraction of sp³-hybridized carbons (Fsp3) is 0.167. The van der Waals surface area contributed by atoms with Crippen molar-refractivity contribution >= 4 is 26.6 Å². The fourth-order valence-corrected chi connectivity index (χ4v) is 4.04. The first-order valence-corrected chi connectivity index (χ1v) is 8.93. The molecule has 0 spiro atoms. The minimum Gasteiger partial charge on any atom is -0.496 e. The van der Waals surface area contributed by atoms with Gasteiger partial charge in [-0.15, -0.1) is 0 Å². The van der Waals surface area contributed by atoms with Gasteiger partial charge in [0.05, 0.1) is 23.2 Å². The minimum atomic E-state index is -3.73. The topological polar surface area (TPSA) is 68.3 Å². The number of sulfonamides is 1. The molecule has 0 bridgehead atoms. The van der Waals surface area contributed by atoms with Gasteiger partial charge in [-0.3, -0.25) is 9.71 Å². The first-order chi connectivity index (χ1) is 11.4. The predicted octanol–water partition coefficient (Wildman–Crippen LogP) is 3.66. The van der Waals surface area contributed by atoms with Gasteiger partial charge in [-0.25, -0.2) is 8.42 Å². The molecule has 0 atom stereocenters. The van der Waals surface area contributed by atoms with Crippen LogP contribution < -0.4 is 9.46 Å². The lowest BCUT2D eigenvalue weighted by atomic mass is 10.1. The molecule has 0 fully saturated rings. The van der Waals surface area contributed by atoms with Crippen molar-refractivity contribution in [2.24, 2.45) is 0 Å². The van der Waals surface area contributed by atoms with Gasteiger partial charge in [-0.2, -0.15) is 0 Å². The van der Waals surface area contributed by atoms with Crippen LogP contribution in [0, 0.1) is 13.8 Å². The lowest BCUT2D eigenvalue weighted by molar-refractivity contribution is 0.411. The van der Waals surface area contributed by atoms with Crippen molar-refractivity contribution in [2.75, 3.05) is 11.8 Å². The Kier molecular flexibility index (Phi) is 4.15. The van der Waals surface area contributed by atoms with E-state index in [1.54, 1.807) is 44.5 Å². The number of fused-ring (bicyclic) bond motifs is 1. The molecule has 6 heteroatoms. The molecule has 3 rings (SSSR count). The van der Waals surface area contributed by atoms with Crippen LogP contribution in [0.2, 0.25) is 0 Å². The van der Waals surface area contributed by atoms with E-state index in [9.17, 15) is 8.42 Å². The molecule has 0 aliphatic heterocycles. The highest BCUT2D eigenvalue weighted by Gasteiger charge is 2.20. The van der Waals surface area contributed by atoms with E-state index < -0.39 is 10.0 Å². The second kappa shape index (κ2) is 6.13. The zero-order valence-corrected chi connectivity index (χ0v) is 14.5. The zero-order chi connectivity index (χ0) is 17.3. The summed E-state index contributed by atoms with van der Waals surface area (Å²) < 4.78 is 33.6. The number of aromatic nitrogens is 1. The molecule has 0 aliphatic rings. The molecule has 0 radical (unpaired) electrons. The highest BCUT2D eigenvalue weighted by molar-refractivity contribution is 7.92. The molecule has 0 amide bonds. The maximum atomic E-state index is 12.8. The van der Waals surface area contributed by atoms with Crippen LogP contribution in [0.5, 0.6) is 5.75 Å². The summed E-state index contributed by atoms with van der Waals surface area (Å²) in [4.78, 5) is 4.51. The van der Waals surface area contributed by atoms with E-state index in [1.165, 1.54) is 0 Å². The van der Waals surface area contributed by atoms with E-state index in [1.807, 2.05) is 25.1 Å². The molecular formula is C18H18N2O3S. The SMILES string of the molecule is COc1ccc(S(=O)(=O)Nc2cccc3cccnc23)c(C)c1C. The number of hydrogen-bond acceptors (Lipinski definition) is 4. The van der Waals surface area contributed by atoms with E-state index in [-0.39, 0.29) is 4.90 Å². The Balaban J connectivity index is 2.07. The summed E-state index contributed by atoms with van der Waals surface area (Å²) in [6, 6.07) is 12.3. The van der Waals surface area contributed by atoms with Crippen molar-refractivity contribution in [3.63, 3.8) is 0 Å². The van der Waals surface area contributed by atoms with Gasteiger partial charge in [0.25, 0.3) is 10.0 Å². The Morgan fingerprint density at radius 2 is 1.75 bits per heavy atom. The number of nitrogens with one attached hydrogen (secondary N) is 1. The number of methoxy groups -OCH3 is 1.